The fourth-order valence-electron chi connectivity index (χ4n) is 3.59. The smallest absolute Gasteiger partial charge is 0.130 e. The summed E-state index contributed by atoms with van der Waals surface area (Å²) in [4.78, 5) is 0. The first-order chi connectivity index (χ1) is 9.09. The van der Waals surface area contributed by atoms with Crippen LogP contribution in [0.15, 0.2) is 18.2 Å². The Hall–Kier alpha value is -1.47. The van der Waals surface area contributed by atoms with Gasteiger partial charge in [0.05, 0.1) is 11.5 Å². The molecule has 2 fully saturated rings. The van der Waals surface area contributed by atoms with Crippen molar-refractivity contribution in [3.63, 3.8) is 0 Å². The molecule has 1 saturated carbocycles. The Bertz CT molecular complexity index is 536. The molecule has 100 valence electrons. The van der Waals surface area contributed by atoms with E-state index in [1.165, 1.54) is 12.1 Å². The molecule has 0 amide bonds. The van der Waals surface area contributed by atoms with E-state index in [4.69, 9.17) is 4.74 Å². The Kier molecular flexibility index (Phi) is 2.83. The molecular formula is C15H15F2NO. The number of hydrogen-bond acceptors (Lipinski definition) is 2. The van der Waals surface area contributed by atoms with Crippen molar-refractivity contribution in [2.24, 2.45) is 5.41 Å². The van der Waals surface area contributed by atoms with Gasteiger partial charge in [0.15, 0.2) is 0 Å². The average Bonchev–Trinajstić information content (AvgIpc) is 2.37. The molecule has 1 aromatic rings. The van der Waals surface area contributed by atoms with Gasteiger partial charge in [-0.15, -0.1) is 0 Å². The first kappa shape index (κ1) is 12.6. The Morgan fingerprint density at radius 3 is 2.42 bits per heavy atom. The zero-order valence-electron chi connectivity index (χ0n) is 10.6. The van der Waals surface area contributed by atoms with Gasteiger partial charge in [-0.25, -0.2) is 8.78 Å². The lowest BCUT2D eigenvalue weighted by atomic mass is 9.48. The highest BCUT2D eigenvalue weighted by atomic mass is 19.1. The van der Waals surface area contributed by atoms with Crippen LogP contribution in [0.3, 0.4) is 0 Å². The van der Waals surface area contributed by atoms with Crippen molar-refractivity contribution >= 4 is 0 Å². The van der Waals surface area contributed by atoms with E-state index in [2.05, 4.69) is 6.07 Å². The van der Waals surface area contributed by atoms with E-state index < -0.39 is 17.0 Å². The maximum atomic E-state index is 13.9. The minimum Gasteiger partial charge on any atom is -0.381 e. The normalized spacial score (nSPS) is 23.6. The Morgan fingerprint density at radius 2 is 1.84 bits per heavy atom. The van der Waals surface area contributed by atoms with Gasteiger partial charge in [-0.05, 0) is 37.2 Å². The van der Waals surface area contributed by atoms with Crippen molar-refractivity contribution in [2.45, 2.75) is 31.1 Å². The maximum Gasteiger partial charge on any atom is 0.130 e. The zero-order chi connectivity index (χ0) is 13.5. The summed E-state index contributed by atoms with van der Waals surface area (Å²) < 4.78 is 32.2. The van der Waals surface area contributed by atoms with Crippen LogP contribution in [0, 0.1) is 28.4 Å². The third-order valence-corrected chi connectivity index (χ3v) is 4.57. The summed E-state index contributed by atoms with van der Waals surface area (Å²) in [5, 5.41) is 9.46. The van der Waals surface area contributed by atoms with Crippen molar-refractivity contribution in [2.75, 3.05) is 13.2 Å². The third kappa shape index (κ3) is 1.93. The van der Waals surface area contributed by atoms with E-state index in [1.54, 1.807) is 0 Å². The topological polar surface area (TPSA) is 33.0 Å². The number of nitriles is 1. The van der Waals surface area contributed by atoms with Crippen LogP contribution in [0.2, 0.25) is 0 Å². The van der Waals surface area contributed by atoms with Gasteiger partial charge in [-0.2, -0.15) is 5.26 Å². The van der Waals surface area contributed by atoms with Crippen LogP contribution >= 0.6 is 0 Å². The maximum absolute atomic E-state index is 13.9. The van der Waals surface area contributed by atoms with Crippen molar-refractivity contribution < 1.29 is 13.5 Å². The highest BCUT2D eigenvalue weighted by Gasteiger charge is 2.56. The summed E-state index contributed by atoms with van der Waals surface area (Å²) >= 11 is 0. The van der Waals surface area contributed by atoms with Crippen LogP contribution in [0.5, 0.6) is 0 Å². The molecule has 0 radical (unpaired) electrons. The lowest BCUT2D eigenvalue weighted by Crippen LogP contribution is -2.51. The monoisotopic (exact) mass is 263 g/mol. The summed E-state index contributed by atoms with van der Waals surface area (Å²) in [5.74, 6) is -1.21. The van der Waals surface area contributed by atoms with Gasteiger partial charge in [-0.3, -0.25) is 0 Å². The lowest BCUT2D eigenvalue weighted by Gasteiger charge is -2.54. The van der Waals surface area contributed by atoms with E-state index in [-0.39, 0.29) is 5.41 Å². The van der Waals surface area contributed by atoms with Crippen molar-refractivity contribution in [3.05, 3.63) is 35.4 Å². The van der Waals surface area contributed by atoms with Crippen LogP contribution in [0.1, 0.15) is 31.2 Å². The lowest BCUT2D eigenvalue weighted by molar-refractivity contribution is -0.0585. The molecule has 2 aliphatic rings. The van der Waals surface area contributed by atoms with E-state index in [9.17, 15) is 14.0 Å². The van der Waals surface area contributed by atoms with Crippen LogP contribution < -0.4 is 0 Å². The molecule has 1 spiro atoms. The number of hydrogen-bond donors (Lipinski definition) is 0. The van der Waals surface area contributed by atoms with Gasteiger partial charge in [0.1, 0.15) is 11.6 Å². The van der Waals surface area contributed by atoms with Crippen molar-refractivity contribution in [1.82, 2.24) is 0 Å². The van der Waals surface area contributed by atoms with Gasteiger partial charge in [0.25, 0.3) is 0 Å². The summed E-state index contributed by atoms with van der Waals surface area (Å²) in [6.45, 7) is 1.43. The number of benzene rings is 1. The second-order valence-corrected chi connectivity index (χ2v) is 5.78. The number of halogens is 2. The second-order valence-electron chi connectivity index (χ2n) is 5.78. The molecule has 1 heterocycles. The van der Waals surface area contributed by atoms with E-state index in [0.717, 1.165) is 18.9 Å². The molecule has 3 rings (SSSR count). The standard InChI is InChI=1S/C15H15F2NO/c16-11-1-2-12(13(17)7-11)15(10-18)8-14(9-15)3-5-19-6-4-14/h1-2,7H,3-6,8-9H2. The quantitative estimate of drug-likeness (QED) is 0.778. The first-order valence-corrected chi connectivity index (χ1v) is 6.54. The van der Waals surface area contributed by atoms with Crippen molar-refractivity contribution in [1.29, 1.82) is 5.26 Å². The Morgan fingerprint density at radius 1 is 1.16 bits per heavy atom. The summed E-state index contributed by atoms with van der Waals surface area (Å²) in [5.41, 5.74) is -0.322. The average molecular weight is 263 g/mol. The molecule has 0 aromatic heterocycles. The molecular weight excluding hydrogens is 248 g/mol. The van der Waals surface area contributed by atoms with Crippen LogP contribution in [-0.2, 0) is 10.2 Å². The van der Waals surface area contributed by atoms with Crippen molar-refractivity contribution in [3.8, 4) is 6.07 Å². The van der Waals surface area contributed by atoms with Crippen LogP contribution in [0.4, 0.5) is 8.78 Å². The van der Waals surface area contributed by atoms with Crippen LogP contribution in [0.25, 0.3) is 0 Å². The Labute approximate surface area is 111 Å². The number of nitrogens with zero attached hydrogens (tertiary/aromatic N) is 1. The predicted molar refractivity (Wildman–Crippen MR) is 65.4 cm³/mol. The van der Waals surface area contributed by atoms with Gasteiger partial charge in [0.2, 0.25) is 0 Å². The second kappa shape index (κ2) is 4.28. The molecule has 1 aromatic carbocycles. The number of rotatable bonds is 1. The first-order valence-electron chi connectivity index (χ1n) is 6.54. The number of ether oxygens (including phenoxy) is 1. The van der Waals surface area contributed by atoms with E-state index >= 15 is 0 Å². The van der Waals surface area contributed by atoms with E-state index in [1.807, 2.05) is 0 Å². The summed E-state index contributed by atoms with van der Waals surface area (Å²) in [6, 6.07) is 5.77. The molecule has 19 heavy (non-hydrogen) atoms. The molecule has 1 aliphatic heterocycles. The third-order valence-electron chi connectivity index (χ3n) is 4.57. The van der Waals surface area contributed by atoms with Gasteiger partial charge in [0, 0.05) is 24.8 Å². The fourth-order valence-corrected chi connectivity index (χ4v) is 3.59. The molecule has 0 unspecified atom stereocenters. The van der Waals surface area contributed by atoms with Crippen LogP contribution in [-0.4, -0.2) is 13.2 Å². The molecule has 0 bridgehead atoms. The van der Waals surface area contributed by atoms with Gasteiger partial charge in [-0.1, -0.05) is 6.07 Å². The molecule has 0 atom stereocenters. The molecule has 2 nitrogen and oxygen atoms in total. The van der Waals surface area contributed by atoms with Gasteiger partial charge >= 0.3 is 0 Å². The van der Waals surface area contributed by atoms with Gasteiger partial charge < -0.3 is 4.74 Å². The minimum absolute atomic E-state index is 0.120. The predicted octanol–water partition coefficient (Wildman–Crippen LogP) is 3.32. The minimum atomic E-state index is -0.783. The highest BCUT2D eigenvalue weighted by Crippen LogP contribution is 2.60. The molecule has 1 aliphatic carbocycles. The SMILES string of the molecule is N#CC1(c2ccc(F)cc2F)CC2(CCOCC2)C1. The van der Waals surface area contributed by atoms with E-state index in [0.29, 0.717) is 31.6 Å². The largest absolute Gasteiger partial charge is 0.381 e. The summed E-state index contributed by atoms with van der Waals surface area (Å²) in [7, 11) is 0. The molecule has 4 heteroatoms. The Balaban J connectivity index is 1.89. The summed E-state index contributed by atoms with van der Waals surface area (Å²) in [6.07, 6.45) is 3.17. The highest BCUT2D eigenvalue weighted by molar-refractivity contribution is 5.39. The molecule has 0 N–H and O–H groups in total. The fraction of sp³-hybridized carbons (Fsp3) is 0.533. The molecule has 1 saturated heterocycles. The zero-order valence-corrected chi connectivity index (χ0v) is 10.6.